The zero-order chi connectivity index (χ0) is 9.72. The van der Waals surface area contributed by atoms with Crippen molar-refractivity contribution in [2.45, 2.75) is 25.9 Å². The van der Waals surface area contributed by atoms with E-state index in [9.17, 15) is 4.79 Å². The van der Waals surface area contributed by atoms with E-state index in [-0.39, 0.29) is 6.04 Å². The van der Waals surface area contributed by atoms with Crippen molar-refractivity contribution < 1.29 is 9.90 Å². The number of carbonyl (C=O) groups is 1. The van der Waals surface area contributed by atoms with E-state index in [1.165, 1.54) is 0 Å². The SMILES string of the molecule is CC(C)NC(CN(C)C)C(=O)O. The van der Waals surface area contributed by atoms with E-state index >= 15 is 0 Å². The highest BCUT2D eigenvalue weighted by Gasteiger charge is 2.18. The first-order chi connectivity index (χ1) is 5.43. The minimum Gasteiger partial charge on any atom is -0.480 e. The molecule has 72 valence electrons. The first-order valence-electron chi connectivity index (χ1n) is 4.07. The second kappa shape index (κ2) is 5.11. The topological polar surface area (TPSA) is 52.6 Å². The summed E-state index contributed by atoms with van der Waals surface area (Å²) >= 11 is 0. The van der Waals surface area contributed by atoms with Gasteiger partial charge in [-0.1, -0.05) is 13.8 Å². The first kappa shape index (κ1) is 11.4. The number of aliphatic carboxylic acids is 1. The maximum atomic E-state index is 10.7. The van der Waals surface area contributed by atoms with E-state index in [0.717, 1.165) is 0 Å². The van der Waals surface area contributed by atoms with Crippen molar-refractivity contribution in [2.24, 2.45) is 0 Å². The fourth-order valence-corrected chi connectivity index (χ4v) is 0.970. The van der Waals surface area contributed by atoms with Crippen molar-refractivity contribution in [1.82, 2.24) is 10.2 Å². The molecule has 0 aliphatic heterocycles. The van der Waals surface area contributed by atoms with Gasteiger partial charge in [0.05, 0.1) is 0 Å². The fraction of sp³-hybridized carbons (Fsp3) is 0.875. The van der Waals surface area contributed by atoms with Crippen LogP contribution in [0, 0.1) is 0 Å². The van der Waals surface area contributed by atoms with Crippen molar-refractivity contribution in [3.8, 4) is 0 Å². The van der Waals surface area contributed by atoms with E-state index in [2.05, 4.69) is 5.32 Å². The lowest BCUT2D eigenvalue weighted by Crippen LogP contribution is -2.46. The quantitative estimate of drug-likeness (QED) is 0.616. The molecule has 0 aromatic heterocycles. The third kappa shape index (κ3) is 5.09. The molecule has 12 heavy (non-hydrogen) atoms. The number of hydrogen-bond donors (Lipinski definition) is 2. The lowest BCUT2D eigenvalue weighted by molar-refractivity contribution is -0.140. The van der Waals surface area contributed by atoms with E-state index < -0.39 is 12.0 Å². The molecule has 0 heterocycles. The average Bonchev–Trinajstić information content (AvgIpc) is 1.83. The van der Waals surface area contributed by atoms with Gasteiger partial charge in [-0.25, -0.2) is 0 Å². The molecular formula is C8H18N2O2. The largest absolute Gasteiger partial charge is 0.480 e. The Morgan fingerprint density at radius 3 is 2.25 bits per heavy atom. The molecule has 0 rings (SSSR count). The van der Waals surface area contributed by atoms with Crippen molar-refractivity contribution in [1.29, 1.82) is 0 Å². The Balaban J connectivity index is 3.96. The normalized spacial score (nSPS) is 13.8. The van der Waals surface area contributed by atoms with Gasteiger partial charge in [-0.15, -0.1) is 0 Å². The molecule has 0 spiro atoms. The second-order valence-corrected chi connectivity index (χ2v) is 3.47. The molecule has 0 bridgehead atoms. The Bertz CT molecular complexity index is 136. The minimum absolute atomic E-state index is 0.200. The number of carboxylic acid groups (broad SMARTS) is 1. The van der Waals surface area contributed by atoms with Crippen LogP contribution in [0.3, 0.4) is 0 Å². The molecule has 2 N–H and O–H groups in total. The first-order valence-corrected chi connectivity index (χ1v) is 4.07. The molecule has 0 saturated carbocycles. The highest BCUT2D eigenvalue weighted by Crippen LogP contribution is 1.90. The van der Waals surface area contributed by atoms with Gasteiger partial charge in [-0.3, -0.25) is 4.79 Å². The third-order valence-corrected chi connectivity index (χ3v) is 1.38. The summed E-state index contributed by atoms with van der Waals surface area (Å²) in [4.78, 5) is 12.5. The average molecular weight is 174 g/mol. The number of carboxylic acids is 1. The predicted molar refractivity (Wildman–Crippen MR) is 48.2 cm³/mol. The summed E-state index contributed by atoms with van der Waals surface area (Å²) in [6.45, 7) is 4.39. The van der Waals surface area contributed by atoms with E-state index in [1.54, 1.807) is 0 Å². The smallest absolute Gasteiger partial charge is 0.322 e. The van der Waals surface area contributed by atoms with Crippen LogP contribution in [-0.2, 0) is 4.79 Å². The highest BCUT2D eigenvalue weighted by atomic mass is 16.4. The summed E-state index contributed by atoms with van der Waals surface area (Å²) in [7, 11) is 3.72. The van der Waals surface area contributed by atoms with E-state index in [4.69, 9.17) is 5.11 Å². The van der Waals surface area contributed by atoms with Gasteiger partial charge in [-0.2, -0.15) is 0 Å². The minimum atomic E-state index is -0.794. The molecule has 0 aromatic carbocycles. The summed E-state index contributed by atoms with van der Waals surface area (Å²) in [5.41, 5.74) is 0. The van der Waals surface area contributed by atoms with Gasteiger partial charge in [0.1, 0.15) is 6.04 Å². The molecule has 4 nitrogen and oxygen atoms in total. The number of nitrogens with one attached hydrogen (secondary N) is 1. The predicted octanol–water partition coefficient (Wildman–Crippen LogP) is -0.000800. The molecule has 0 saturated heterocycles. The van der Waals surface area contributed by atoms with Crippen LogP contribution in [0.2, 0.25) is 0 Å². The van der Waals surface area contributed by atoms with Crippen LogP contribution in [0.15, 0.2) is 0 Å². The van der Waals surface area contributed by atoms with Crippen molar-refractivity contribution in [2.75, 3.05) is 20.6 Å². The maximum absolute atomic E-state index is 10.7. The molecule has 0 fully saturated rings. The van der Waals surface area contributed by atoms with Crippen molar-refractivity contribution >= 4 is 5.97 Å². The van der Waals surface area contributed by atoms with Crippen LogP contribution in [0.25, 0.3) is 0 Å². The summed E-state index contributed by atoms with van der Waals surface area (Å²) in [6.07, 6.45) is 0. The monoisotopic (exact) mass is 174 g/mol. The van der Waals surface area contributed by atoms with Crippen LogP contribution >= 0.6 is 0 Å². The van der Waals surface area contributed by atoms with E-state index in [1.807, 2.05) is 32.8 Å². The zero-order valence-electron chi connectivity index (χ0n) is 8.16. The van der Waals surface area contributed by atoms with Crippen LogP contribution in [0.5, 0.6) is 0 Å². The molecule has 0 amide bonds. The van der Waals surface area contributed by atoms with Gasteiger partial charge in [0.25, 0.3) is 0 Å². The summed E-state index contributed by atoms with van der Waals surface area (Å²) < 4.78 is 0. The number of rotatable bonds is 5. The Kier molecular flexibility index (Phi) is 4.85. The molecule has 0 radical (unpaired) electrons. The third-order valence-electron chi connectivity index (χ3n) is 1.38. The summed E-state index contributed by atoms with van der Waals surface area (Å²) in [5, 5.41) is 11.8. The van der Waals surface area contributed by atoms with Gasteiger partial charge in [0.15, 0.2) is 0 Å². The Hall–Kier alpha value is -0.610. The lowest BCUT2D eigenvalue weighted by atomic mass is 10.2. The Morgan fingerprint density at radius 1 is 1.50 bits per heavy atom. The standard InChI is InChI=1S/C8H18N2O2/c1-6(2)9-7(8(11)12)5-10(3)4/h6-7,9H,5H2,1-4H3,(H,11,12). The van der Waals surface area contributed by atoms with Crippen LogP contribution < -0.4 is 5.32 Å². The molecule has 1 atom stereocenters. The maximum Gasteiger partial charge on any atom is 0.322 e. The molecule has 0 aromatic rings. The highest BCUT2D eigenvalue weighted by molar-refractivity contribution is 5.73. The van der Waals surface area contributed by atoms with Gasteiger partial charge in [0.2, 0.25) is 0 Å². The van der Waals surface area contributed by atoms with Gasteiger partial charge >= 0.3 is 5.97 Å². The van der Waals surface area contributed by atoms with Gasteiger partial charge in [0, 0.05) is 12.6 Å². The van der Waals surface area contributed by atoms with Crippen LogP contribution in [0.4, 0.5) is 0 Å². The van der Waals surface area contributed by atoms with Gasteiger partial charge in [-0.05, 0) is 14.1 Å². The van der Waals surface area contributed by atoms with Crippen LogP contribution in [0.1, 0.15) is 13.8 Å². The summed E-state index contributed by atoms with van der Waals surface area (Å²) in [6, 6.07) is -0.272. The Morgan fingerprint density at radius 2 is 2.00 bits per heavy atom. The van der Waals surface area contributed by atoms with Crippen LogP contribution in [-0.4, -0.2) is 48.7 Å². The second-order valence-electron chi connectivity index (χ2n) is 3.47. The van der Waals surface area contributed by atoms with Crippen molar-refractivity contribution in [3.63, 3.8) is 0 Å². The number of hydrogen-bond acceptors (Lipinski definition) is 3. The number of nitrogens with zero attached hydrogens (tertiary/aromatic N) is 1. The van der Waals surface area contributed by atoms with E-state index in [0.29, 0.717) is 6.54 Å². The Labute approximate surface area is 73.6 Å². The number of likely N-dealkylation sites (N-methyl/N-ethyl adjacent to an activating group) is 1. The summed E-state index contributed by atoms with van der Waals surface area (Å²) in [5.74, 6) is -0.794. The molecule has 0 aliphatic rings. The lowest BCUT2D eigenvalue weighted by Gasteiger charge is -2.20. The zero-order valence-corrected chi connectivity index (χ0v) is 8.16. The molecule has 1 unspecified atom stereocenters. The molecular weight excluding hydrogens is 156 g/mol. The fourth-order valence-electron chi connectivity index (χ4n) is 0.970. The van der Waals surface area contributed by atoms with Gasteiger partial charge < -0.3 is 15.3 Å². The molecule has 4 heteroatoms. The molecule has 0 aliphatic carbocycles. The van der Waals surface area contributed by atoms with Crippen molar-refractivity contribution in [3.05, 3.63) is 0 Å².